The summed E-state index contributed by atoms with van der Waals surface area (Å²) in [4.78, 5) is 30.5. The number of fused-ring (bicyclic) bond motifs is 1. The average Bonchev–Trinajstić information content (AvgIpc) is 2.73. The Bertz CT molecular complexity index is 1110. The highest BCUT2D eigenvalue weighted by molar-refractivity contribution is 5.97. The molecule has 2 heterocycles. The van der Waals surface area contributed by atoms with Gasteiger partial charge in [-0.25, -0.2) is 9.37 Å². The molecule has 1 aliphatic rings. The third-order valence-corrected chi connectivity index (χ3v) is 5.81. The van der Waals surface area contributed by atoms with Crippen LogP contribution >= 0.6 is 0 Å². The predicted molar refractivity (Wildman–Crippen MR) is 110 cm³/mol. The molecule has 0 unspecified atom stereocenters. The fraction of sp³-hybridized carbons (Fsp3) is 0.348. The van der Waals surface area contributed by atoms with Crippen molar-refractivity contribution in [3.05, 3.63) is 76.0 Å². The van der Waals surface area contributed by atoms with Crippen molar-refractivity contribution < 1.29 is 9.18 Å². The monoisotopic (exact) mass is 393 g/mol. The van der Waals surface area contributed by atoms with Crippen molar-refractivity contribution in [2.75, 3.05) is 0 Å². The number of pyridine rings is 2. The molecule has 1 aromatic carbocycles. The van der Waals surface area contributed by atoms with Gasteiger partial charge in [-0.1, -0.05) is 38.0 Å². The van der Waals surface area contributed by atoms with E-state index in [2.05, 4.69) is 17.2 Å². The van der Waals surface area contributed by atoms with Crippen molar-refractivity contribution in [3.63, 3.8) is 0 Å². The van der Waals surface area contributed by atoms with Crippen LogP contribution in [0, 0.1) is 11.7 Å². The molecule has 0 spiro atoms. The SMILES string of the molecule is C[C@@H]1CCCC[C@@H]1NC(=O)c1cc2cccnc2n(Cc2ccccc2F)c1=O. The van der Waals surface area contributed by atoms with Crippen molar-refractivity contribution in [3.8, 4) is 0 Å². The lowest BCUT2D eigenvalue weighted by atomic mass is 9.86. The molecule has 2 aromatic heterocycles. The number of hydrogen-bond acceptors (Lipinski definition) is 3. The van der Waals surface area contributed by atoms with E-state index < -0.39 is 11.4 Å². The summed E-state index contributed by atoms with van der Waals surface area (Å²) >= 11 is 0. The first-order valence-corrected chi connectivity index (χ1v) is 10.1. The lowest BCUT2D eigenvalue weighted by Crippen LogP contribution is -2.43. The molecule has 1 aliphatic carbocycles. The Kier molecular flexibility index (Phi) is 5.43. The molecule has 4 rings (SSSR count). The van der Waals surface area contributed by atoms with Gasteiger partial charge in [0.25, 0.3) is 11.5 Å². The number of hydrogen-bond donors (Lipinski definition) is 1. The Labute approximate surface area is 168 Å². The molecule has 5 nitrogen and oxygen atoms in total. The average molecular weight is 393 g/mol. The zero-order valence-corrected chi connectivity index (χ0v) is 16.4. The van der Waals surface area contributed by atoms with Crippen LogP contribution in [-0.2, 0) is 6.54 Å². The molecule has 0 saturated heterocycles. The Hall–Kier alpha value is -3.02. The maximum atomic E-state index is 14.2. The van der Waals surface area contributed by atoms with Gasteiger partial charge in [0.05, 0.1) is 6.54 Å². The van der Waals surface area contributed by atoms with Gasteiger partial charge >= 0.3 is 0 Å². The standard InChI is InChI=1S/C23H24FN3O2/c1-15-7-2-5-11-20(15)26-22(28)18-13-16-9-6-12-25-21(16)27(23(18)29)14-17-8-3-4-10-19(17)24/h3-4,6,8-10,12-13,15,20H,2,5,7,11,14H2,1H3,(H,26,28)/t15-,20+/m1/s1. The summed E-state index contributed by atoms with van der Waals surface area (Å²) in [6, 6.07) is 11.5. The molecule has 29 heavy (non-hydrogen) atoms. The summed E-state index contributed by atoms with van der Waals surface area (Å²) < 4.78 is 15.6. The van der Waals surface area contributed by atoms with E-state index in [-0.39, 0.29) is 24.1 Å². The third-order valence-electron chi connectivity index (χ3n) is 5.81. The van der Waals surface area contributed by atoms with Gasteiger partial charge in [-0.05, 0) is 43.0 Å². The van der Waals surface area contributed by atoms with Gasteiger partial charge in [-0.2, -0.15) is 0 Å². The molecule has 0 bridgehead atoms. The number of aromatic nitrogens is 2. The minimum absolute atomic E-state index is 0.0139. The Balaban J connectivity index is 1.75. The van der Waals surface area contributed by atoms with E-state index in [1.807, 2.05) is 0 Å². The van der Waals surface area contributed by atoms with Crippen LogP contribution in [0.15, 0.2) is 53.5 Å². The second-order valence-electron chi connectivity index (χ2n) is 7.80. The molecular formula is C23H24FN3O2. The summed E-state index contributed by atoms with van der Waals surface area (Å²) in [5, 5.41) is 3.72. The number of rotatable bonds is 4. The van der Waals surface area contributed by atoms with Crippen molar-refractivity contribution in [1.82, 2.24) is 14.9 Å². The number of carbonyl (C=O) groups excluding carboxylic acids is 1. The van der Waals surface area contributed by atoms with Crippen molar-refractivity contribution in [2.45, 2.75) is 45.2 Å². The first-order valence-electron chi connectivity index (χ1n) is 10.1. The number of carbonyl (C=O) groups is 1. The van der Waals surface area contributed by atoms with Crippen molar-refractivity contribution in [1.29, 1.82) is 0 Å². The molecule has 150 valence electrons. The topological polar surface area (TPSA) is 64.0 Å². The van der Waals surface area contributed by atoms with Crippen molar-refractivity contribution in [2.24, 2.45) is 5.92 Å². The van der Waals surface area contributed by atoms with E-state index in [4.69, 9.17) is 0 Å². The molecule has 6 heteroatoms. The van der Waals surface area contributed by atoms with Crippen LogP contribution in [0.1, 0.15) is 48.5 Å². The van der Waals surface area contributed by atoms with Crippen LogP contribution in [0.4, 0.5) is 4.39 Å². The van der Waals surface area contributed by atoms with E-state index in [0.29, 0.717) is 22.5 Å². The lowest BCUT2D eigenvalue weighted by Gasteiger charge is -2.29. The smallest absolute Gasteiger partial charge is 0.265 e. The summed E-state index contributed by atoms with van der Waals surface area (Å²) in [6.07, 6.45) is 5.83. The number of benzene rings is 1. The molecule has 1 amide bonds. The maximum absolute atomic E-state index is 14.2. The van der Waals surface area contributed by atoms with Gasteiger partial charge in [0.1, 0.15) is 17.0 Å². The summed E-state index contributed by atoms with van der Waals surface area (Å²) in [7, 11) is 0. The normalized spacial score (nSPS) is 19.2. The van der Waals surface area contributed by atoms with E-state index in [1.54, 1.807) is 42.6 Å². The molecule has 0 aliphatic heterocycles. The minimum Gasteiger partial charge on any atom is -0.349 e. The predicted octanol–water partition coefficient (Wildman–Crippen LogP) is 3.89. The molecule has 1 fully saturated rings. The zero-order chi connectivity index (χ0) is 20.4. The highest BCUT2D eigenvalue weighted by Crippen LogP contribution is 2.24. The number of nitrogens with one attached hydrogen (secondary N) is 1. The van der Waals surface area contributed by atoms with Gasteiger partial charge in [-0.3, -0.25) is 14.2 Å². The molecule has 0 radical (unpaired) electrons. The summed E-state index contributed by atoms with van der Waals surface area (Å²) in [5.41, 5.74) is 0.420. The zero-order valence-electron chi connectivity index (χ0n) is 16.4. The lowest BCUT2D eigenvalue weighted by molar-refractivity contribution is 0.0908. The maximum Gasteiger partial charge on any atom is 0.265 e. The fourth-order valence-corrected chi connectivity index (χ4v) is 4.09. The van der Waals surface area contributed by atoms with Gasteiger partial charge in [0.15, 0.2) is 0 Å². The highest BCUT2D eigenvalue weighted by Gasteiger charge is 2.25. The Morgan fingerprint density at radius 1 is 1.21 bits per heavy atom. The number of amides is 1. The summed E-state index contributed by atoms with van der Waals surface area (Å²) in [5.74, 6) is -0.383. The molecule has 1 saturated carbocycles. The second-order valence-corrected chi connectivity index (χ2v) is 7.80. The quantitative estimate of drug-likeness (QED) is 0.731. The third kappa shape index (κ3) is 3.92. The van der Waals surface area contributed by atoms with Crippen molar-refractivity contribution >= 4 is 16.9 Å². The molecule has 3 aromatic rings. The Morgan fingerprint density at radius 2 is 2.00 bits per heavy atom. The van der Waals surface area contributed by atoms with Gasteiger partial charge in [-0.15, -0.1) is 0 Å². The number of halogens is 1. The largest absolute Gasteiger partial charge is 0.349 e. The van der Waals surface area contributed by atoms with E-state index >= 15 is 0 Å². The van der Waals surface area contributed by atoms with Crippen LogP contribution in [0.5, 0.6) is 0 Å². The second kappa shape index (κ2) is 8.15. The van der Waals surface area contributed by atoms with Crippen LogP contribution in [0.3, 0.4) is 0 Å². The van der Waals surface area contributed by atoms with Gasteiger partial charge < -0.3 is 5.32 Å². The summed E-state index contributed by atoms with van der Waals surface area (Å²) in [6.45, 7) is 2.14. The van der Waals surface area contributed by atoms with Crippen LogP contribution in [0.2, 0.25) is 0 Å². The van der Waals surface area contributed by atoms with Crippen LogP contribution in [-0.4, -0.2) is 21.5 Å². The van der Waals surface area contributed by atoms with E-state index in [0.717, 1.165) is 19.3 Å². The van der Waals surface area contributed by atoms with Gasteiger partial charge in [0.2, 0.25) is 0 Å². The number of nitrogens with zero attached hydrogens (tertiary/aromatic N) is 2. The molecular weight excluding hydrogens is 369 g/mol. The first kappa shape index (κ1) is 19.3. The van der Waals surface area contributed by atoms with E-state index in [1.165, 1.54) is 17.1 Å². The highest BCUT2D eigenvalue weighted by atomic mass is 19.1. The van der Waals surface area contributed by atoms with Gasteiger partial charge in [0, 0.05) is 23.2 Å². The fourth-order valence-electron chi connectivity index (χ4n) is 4.09. The Morgan fingerprint density at radius 3 is 2.79 bits per heavy atom. The molecule has 2 atom stereocenters. The van der Waals surface area contributed by atoms with Crippen LogP contribution in [0.25, 0.3) is 11.0 Å². The first-order chi connectivity index (χ1) is 14.0. The minimum atomic E-state index is -0.458. The van der Waals surface area contributed by atoms with Crippen LogP contribution < -0.4 is 10.9 Å². The molecule has 1 N–H and O–H groups in total. The van der Waals surface area contributed by atoms with E-state index in [9.17, 15) is 14.0 Å².